The molecule has 0 atom stereocenters. The quantitative estimate of drug-likeness (QED) is 0.310. The molecule has 0 spiro atoms. The van der Waals surface area contributed by atoms with Crippen LogP contribution in [0.4, 0.5) is 5.69 Å². The van der Waals surface area contributed by atoms with Crippen LogP contribution in [0.2, 0.25) is 0 Å². The van der Waals surface area contributed by atoms with Gasteiger partial charge in [0.2, 0.25) is 0 Å². The Labute approximate surface area is 218 Å². The third-order valence-corrected chi connectivity index (χ3v) is 7.08. The van der Waals surface area contributed by atoms with Crippen LogP contribution in [0, 0.1) is 6.92 Å². The predicted octanol–water partition coefficient (Wildman–Crippen LogP) is 6.16. The number of allylic oxidation sites excluding steroid dienone is 6. The van der Waals surface area contributed by atoms with E-state index < -0.39 is 0 Å². The number of benzene rings is 2. The minimum Gasteiger partial charge on any atom is -0.496 e. The van der Waals surface area contributed by atoms with E-state index in [1.807, 2.05) is 31.2 Å². The summed E-state index contributed by atoms with van der Waals surface area (Å²) in [6, 6.07) is 16.5. The number of hydrogen-bond donors (Lipinski definition) is 0. The first-order chi connectivity index (χ1) is 18.0. The smallest absolute Gasteiger partial charge is 0.189 e. The van der Waals surface area contributed by atoms with Crippen LogP contribution in [-0.4, -0.2) is 33.5 Å². The van der Waals surface area contributed by atoms with Crippen molar-refractivity contribution in [1.82, 2.24) is 19.8 Å². The average molecular weight is 492 g/mol. The summed E-state index contributed by atoms with van der Waals surface area (Å²) < 4.78 is 7.31. The fraction of sp³-hybridized carbons (Fsp3) is 0.258. The second-order valence-electron chi connectivity index (χ2n) is 9.32. The number of nitrogens with zero attached hydrogens (tertiary/aromatic N) is 5. The topological polar surface area (TPSA) is 55.6 Å². The van der Waals surface area contributed by atoms with E-state index in [9.17, 15) is 0 Å². The van der Waals surface area contributed by atoms with E-state index in [2.05, 4.69) is 84.4 Å². The van der Waals surface area contributed by atoms with Gasteiger partial charge in [0.15, 0.2) is 11.5 Å². The minimum absolute atomic E-state index is 0.670. The van der Waals surface area contributed by atoms with E-state index in [4.69, 9.17) is 9.84 Å². The first-order valence-electron chi connectivity index (χ1n) is 12.8. The van der Waals surface area contributed by atoms with Crippen molar-refractivity contribution in [2.45, 2.75) is 40.5 Å². The van der Waals surface area contributed by atoms with E-state index in [0.29, 0.717) is 5.82 Å². The largest absolute Gasteiger partial charge is 0.496 e. The Bertz CT molecular complexity index is 1590. The summed E-state index contributed by atoms with van der Waals surface area (Å²) in [5.74, 6) is 1.42. The van der Waals surface area contributed by atoms with Crippen LogP contribution in [0.15, 0.2) is 78.0 Å². The fourth-order valence-corrected chi connectivity index (χ4v) is 4.94. The van der Waals surface area contributed by atoms with Crippen molar-refractivity contribution in [1.29, 1.82) is 0 Å². The van der Waals surface area contributed by atoms with Crippen LogP contribution in [0.25, 0.3) is 28.7 Å². The van der Waals surface area contributed by atoms with Crippen molar-refractivity contribution in [2.24, 2.45) is 0 Å². The van der Waals surface area contributed by atoms with Gasteiger partial charge < -0.3 is 9.64 Å². The number of rotatable bonds is 7. The van der Waals surface area contributed by atoms with E-state index in [-0.39, 0.29) is 0 Å². The lowest BCUT2D eigenvalue weighted by molar-refractivity contribution is 0.416. The van der Waals surface area contributed by atoms with Gasteiger partial charge in [-0.3, -0.25) is 0 Å². The lowest BCUT2D eigenvalue weighted by Gasteiger charge is -2.34. The molecule has 6 heteroatoms. The molecule has 188 valence electrons. The molecule has 0 saturated carbocycles. The van der Waals surface area contributed by atoms with Crippen molar-refractivity contribution >= 4 is 23.0 Å². The van der Waals surface area contributed by atoms with E-state index >= 15 is 0 Å². The molecular formula is C31H33N5O. The Morgan fingerprint density at radius 1 is 0.892 bits per heavy atom. The van der Waals surface area contributed by atoms with Crippen molar-refractivity contribution in [3.63, 3.8) is 0 Å². The summed E-state index contributed by atoms with van der Waals surface area (Å²) in [4.78, 5) is 2.46. The fourth-order valence-electron chi connectivity index (χ4n) is 4.94. The number of hydrogen-bond acceptors (Lipinski definition) is 5. The minimum atomic E-state index is 0.670. The highest BCUT2D eigenvalue weighted by molar-refractivity contribution is 5.91. The van der Waals surface area contributed by atoms with Crippen LogP contribution in [0.1, 0.15) is 44.9 Å². The third kappa shape index (κ3) is 4.44. The Morgan fingerprint density at radius 3 is 2.41 bits per heavy atom. The van der Waals surface area contributed by atoms with Crippen molar-refractivity contribution < 1.29 is 4.74 Å². The summed E-state index contributed by atoms with van der Waals surface area (Å²) in [6.45, 7) is 9.73. The first kappa shape index (κ1) is 24.5. The Kier molecular flexibility index (Phi) is 6.91. The molecule has 1 aliphatic heterocycles. The van der Waals surface area contributed by atoms with Gasteiger partial charge in [0.25, 0.3) is 0 Å². The molecule has 0 amide bonds. The number of unbranched alkanes of at least 4 members (excludes halogenated alkanes) is 1. The maximum atomic E-state index is 5.52. The molecule has 0 saturated heterocycles. The molecule has 5 rings (SSSR count). The SMILES string of the molecule is CCCCN1C(C)=C(C)\C(=C/C=C/C=c2/c(C)nn3c(-c4ccccc4OC)nnc23)c2ccccc21. The summed E-state index contributed by atoms with van der Waals surface area (Å²) in [7, 11) is 1.66. The Balaban J connectivity index is 1.50. The number of para-hydroxylation sites is 2. The molecule has 0 fully saturated rings. The molecule has 37 heavy (non-hydrogen) atoms. The van der Waals surface area contributed by atoms with Crippen LogP contribution in [-0.2, 0) is 0 Å². The molecule has 0 radical (unpaired) electrons. The lowest BCUT2D eigenvalue weighted by atomic mass is 9.90. The second-order valence-corrected chi connectivity index (χ2v) is 9.32. The van der Waals surface area contributed by atoms with Gasteiger partial charge >= 0.3 is 0 Å². The molecule has 1 aliphatic rings. The average Bonchev–Trinajstić information content (AvgIpc) is 3.46. The van der Waals surface area contributed by atoms with Crippen molar-refractivity contribution in [2.75, 3.05) is 18.6 Å². The maximum Gasteiger partial charge on any atom is 0.189 e. The molecule has 0 aliphatic carbocycles. The second kappa shape index (κ2) is 10.4. The summed E-state index contributed by atoms with van der Waals surface area (Å²) in [6.07, 6.45) is 10.8. The van der Waals surface area contributed by atoms with Gasteiger partial charge in [0, 0.05) is 28.7 Å². The molecule has 0 bridgehead atoms. The Hall–Kier alpha value is -4.19. The number of ether oxygens (including phenoxy) is 1. The van der Waals surface area contributed by atoms with Crippen LogP contribution in [0.5, 0.6) is 5.75 Å². The van der Waals surface area contributed by atoms with Crippen LogP contribution >= 0.6 is 0 Å². The zero-order valence-electron chi connectivity index (χ0n) is 22.2. The summed E-state index contributed by atoms with van der Waals surface area (Å²) in [5.41, 5.74) is 8.95. The van der Waals surface area contributed by atoms with E-state index in [0.717, 1.165) is 34.4 Å². The zero-order chi connectivity index (χ0) is 25.9. The number of anilines is 1. The number of fused-ring (bicyclic) bond motifs is 2. The van der Waals surface area contributed by atoms with Crippen LogP contribution in [0.3, 0.4) is 0 Å². The summed E-state index contributed by atoms with van der Waals surface area (Å²) >= 11 is 0. The number of aromatic nitrogens is 4. The molecule has 4 aromatic rings. The highest BCUT2D eigenvalue weighted by Gasteiger charge is 2.23. The number of aryl methyl sites for hydroxylation is 1. The molecular weight excluding hydrogens is 458 g/mol. The Morgan fingerprint density at radius 2 is 1.62 bits per heavy atom. The lowest BCUT2D eigenvalue weighted by Crippen LogP contribution is -2.27. The van der Waals surface area contributed by atoms with Gasteiger partial charge in [-0.25, -0.2) is 0 Å². The van der Waals surface area contributed by atoms with Gasteiger partial charge in [0.05, 0.1) is 18.4 Å². The van der Waals surface area contributed by atoms with E-state index in [1.165, 1.54) is 40.9 Å². The standard InChI is InChI=1S/C31H33N5O/c1-6-7-20-35-23(4)21(2)24(26-16-10-12-18-28(26)35)14-8-9-15-25-22(3)34-36-30(25)32-33-31(36)27-17-11-13-19-29(27)37-5/h8-19H,6-7,20H2,1-5H3/b9-8+,24-14+,25-15-. The maximum absolute atomic E-state index is 5.52. The number of methoxy groups -OCH3 is 1. The van der Waals surface area contributed by atoms with Gasteiger partial charge in [-0.15, -0.1) is 10.2 Å². The molecule has 2 aromatic carbocycles. The normalized spacial score (nSPS) is 15.4. The van der Waals surface area contributed by atoms with Crippen LogP contribution < -0.4 is 14.9 Å². The molecule has 6 nitrogen and oxygen atoms in total. The highest BCUT2D eigenvalue weighted by atomic mass is 16.5. The zero-order valence-corrected chi connectivity index (χ0v) is 22.2. The monoisotopic (exact) mass is 491 g/mol. The highest BCUT2D eigenvalue weighted by Crippen LogP contribution is 2.40. The third-order valence-electron chi connectivity index (χ3n) is 7.08. The van der Waals surface area contributed by atoms with Gasteiger partial charge in [-0.2, -0.15) is 9.61 Å². The van der Waals surface area contributed by atoms with Crippen molar-refractivity contribution in [3.05, 3.63) is 94.5 Å². The van der Waals surface area contributed by atoms with Crippen molar-refractivity contribution in [3.8, 4) is 17.1 Å². The summed E-state index contributed by atoms with van der Waals surface area (Å²) in [5, 5.41) is 14.5. The predicted molar refractivity (Wildman–Crippen MR) is 151 cm³/mol. The van der Waals surface area contributed by atoms with Gasteiger partial charge in [-0.05, 0) is 62.6 Å². The molecule has 0 unspecified atom stereocenters. The van der Waals surface area contributed by atoms with Gasteiger partial charge in [0.1, 0.15) is 5.75 Å². The van der Waals surface area contributed by atoms with Gasteiger partial charge in [-0.1, -0.05) is 61.9 Å². The molecule has 2 aromatic heterocycles. The first-order valence-corrected chi connectivity index (χ1v) is 12.8. The molecule has 3 heterocycles. The van der Waals surface area contributed by atoms with E-state index in [1.54, 1.807) is 11.6 Å². The molecule has 0 N–H and O–H groups in total.